The van der Waals surface area contributed by atoms with Gasteiger partial charge in [-0.25, -0.2) is 0 Å². The topological polar surface area (TPSA) is 9.23 Å². The highest BCUT2D eigenvalue weighted by atomic mass is 16.5. The second-order valence-electron chi connectivity index (χ2n) is 6.43. The van der Waals surface area contributed by atoms with Gasteiger partial charge in [-0.3, -0.25) is 0 Å². The zero-order valence-corrected chi connectivity index (χ0v) is 15.6. The molecule has 0 heterocycles. The summed E-state index contributed by atoms with van der Waals surface area (Å²) in [6.07, 6.45) is 14.7. The normalized spacial score (nSPS) is 11.4. The van der Waals surface area contributed by atoms with Crippen LogP contribution in [-0.4, -0.2) is 0 Å². The smallest absolute Gasteiger partial charge is 0.0907 e. The summed E-state index contributed by atoms with van der Waals surface area (Å²) in [5.41, 5.74) is 5.13. The van der Waals surface area contributed by atoms with E-state index in [1.54, 1.807) is 12.5 Å². The van der Waals surface area contributed by atoms with Gasteiger partial charge in [-0.15, -0.1) is 0 Å². The van der Waals surface area contributed by atoms with Crippen molar-refractivity contribution in [2.24, 2.45) is 0 Å². The third kappa shape index (κ3) is 7.43. The molecule has 0 fully saturated rings. The average molecular weight is 335 g/mol. The zero-order valence-electron chi connectivity index (χ0n) is 15.6. The molecule has 2 rings (SSSR count). The molecule has 2 aromatic rings. The lowest BCUT2D eigenvalue weighted by Gasteiger charge is -2.01. The molecule has 2 aromatic carbocycles. The van der Waals surface area contributed by atoms with Gasteiger partial charge in [-0.1, -0.05) is 75.2 Å². The van der Waals surface area contributed by atoms with Crippen molar-refractivity contribution in [2.45, 2.75) is 52.4 Å². The van der Waals surface area contributed by atoms with Crippen molar-refractivity contribution in [1.29, 1.82) is 0 Å². The van der Waals surface area contributed by atoms with Gasteiger partial charge in [0.1, 0.15) is 0 Å². The van der Waals surface area contributed by atoms with Crippen LogP contribution in [0.4, 0.5) is 0 Å². The van der Waals surface area contributed by atoms with Gasteiger partial charge in [0.2, 0.25) is 0 Å². The van der Waals surface area contributed by atoms with Crippen LogP contribution in [0.1, 0.15) is 61.8 Å². The Morgan fingerprint density at radius 3 is 1.40 bits per heavy atom. The van der Waals surface area contributed by atoms with Crippen molar-refractivity contribution in [3.05, 3.63) is 83.3 Å². The summed E-state index contributed by atoms with van der Waals surface area (Å²) in [6.45, 7) is 4.45. The molecule has 132 valence electrons. The summed E-state index contributed by atoms with van der Waals surface area (Å²) in [7, 11) is 0. The summed E-state index contributed by atoms with van der Waals surface area (Å²) in [6, 6.07) is 17.4. The van der Waals surface area contributed by atoms with Crippen LogP contribution >= 0.6 is 0 Å². The van der Waals surface area contributed by atoms with Crippen molar-refractivity contribution in [3.8, 4) is 0 Å². The molecule has 0 N–H and O–H groups in total. The van der Waals surface area contributed by atoms with Crippen LogP contribution in [-0.2, 0) is 17.6 Å². The van der Waals surface area contributed by atoms with E-state index >= 15 is 0 Å². The molecule has 25 heavy (non-hydrogen) atoms. The van der Waals surface area contributed by atoms with Crippen LogP contribution in [0.2, 0.25) is 0 Å². The van der Waals surface area contributed by atoms with E-state index in [9.17, 15) is 0 Å². The van der Waals surface area contributed by atoms with Gasteiger partial charge in [0, 0.05) is 0 Å². The van der Waals surface area contributed by atoms with Crippen LogP contribution in [0.3, 0.4) is 0 Å². The number of rotatable bonds is 10. The van der Waals surface area contributed by atoms with Gasteiger partial charge in [-0.2, -0.15) is 0 Å². The highest BCUT2D eigenvalue weighted by molar-refractivity contribution is 5.50. The molecule has 1 heteroatoms. The molecule has 0 unspecified atom stereocenters. The van der Waals surface area contributed by atoms with Gasteiger partial charge in [0.25, 0.3) is 0 Å². The molecule has 0 saturated carbocycles. The van der Waals surface area contributed by atoms with Crippen LogP contribution in [0.15, 0.2) is 61.1 Å². The Bertz CT molecular complexity index is 588. The lowest BCUT2D eigenvalue weighted by Crippen LogP contribution is -1.84. The van der Waals surface area contributed by atoms with Gasteiger partial charge < -0.3 is 4.74 Å². The number of hydrogen-bond donors (Lipinski definition) is 0. The summed E-state index contributed by atoms with van der Waals surface area (Å²) >= 11 is 0. The largest absolute Gasteiger partial charge is 0.473 e. The molecule has 0 spiro atoms. The Morgan fingerprint density at radius 1 is 0.640 bits per heavy atom. The first-order chi connectivity index (χ1) is 12.3. The maximum absolute atomic E-state index is 5.47. The molecular weight excluding hydrogens is 304 g/mol. The maximum atomic E-state index is 5.47. The van der Waals surface area contributed by atoms with Crippen LogP contribution < -0.4 is 0 Å². The van der Waals surface area contributed by atoms with E-state index in [-0.39, 0.29) is 0 Å². The summed E-state index contributed by atoms with van der Waals surface area (Å²) in [4.78, 5) is 0. The van der Waals surface area contributed by atoms with Crippen molar-refractivity contribution in [1.82, 2.24) is 0 Å². The molecule has 0 saturated heterocycles. The number of ether oxygens (including phenoxy) is 1. The summed E-state index contributed by atoms with van der Waals surface area (Å²) in [5.74, 6) is 0. The lowest BCUT2D eigenvalue weighted by molar-refractivity contribution is 0.410. The number of benzene rings is 2. The van der Waals surface area contributed by atoms with Crippen molar-refractivity contribution >= 4 is 12.2 Å². The number of aryl methyl sites for hydroxylation is 2. The van der Waals surface area contributed by atoms with Crippen molar-refractivity contribution in [2.75, 3.05) is 0 Å². The average Bonchev–Trinajstić information content (AvgIpc) is 2.66. The summed E-state index contributed by atoms with van der Waals surface area (Å²) < 4.78 is 5.47. The third-order valence-electron chi connectivity index (χ3n) is 4.28. The molecule has 0 atom stereocenters. The minimum Gasteiger partial charge on any atom is -0.473 e. The van der Waals surface area contributed by atoms with E-state index in [0.717, 1.165) is 24.0 Å². The molecule has 0 radical (unpaired) electrons. The number of hydrogen-bond acceptors (Lipinski definition) is 1. The monoisotopic (exact) mass is 334 g/mol. The van der Waals surface area contributed by atoms with Crippen molar-refractivity contribution in [3.63, 3.8) is 0 Å². The van der Waals surface area contributed by atoms with E-state index < -0.39 is 0 Å². The Kier molecular flexibility index (Phi) is 8.61. The van der Waals surface area contributed by atoms with Gasteiger partial charge in [-0.05, 0) is 60.1 Å². The summed E-state index contributed by atoms with van der Waals surface area (Å²) in [5, 5.41) is 0. The second-order valence-corrected chi connectivity index (χ2v) is 6.43. The minimum atomic E-state index is 1.16. The minimum absolute atomic E-state index is 1.16. The molecule has 0 bridgehead atoms. The molecule has 0 aromatic heterocycles. The fourth-order valence-electron chi connectivity index (χ4n) is 2.63. The third-order valence-corrected chi connectivity index (χ3v) is 4.28. The molecule has 1 nitrogen and oxygen atoms in total. The van der Waals surface area contributed by atoms with Gasteiger partial charge in [0.05, 0.1) is 12.5 Å². The predicted octanol–water partition coefficient (Wildman–Crippen LogP) is 7.03. The molecule has 0 aliphatic rings. The quantitative estimate of drug-likeness (QED) is 0.424. The van der Waals surface area contributed by atoms with E-state index in [0.29, 0.717) is 0 Å². The number of unbranched alkanes of at least 4 members (excludes halogenated alkanes) is 2. The zero-order chi connectivity index (χ0) is 17.7. The fraction of sp³-hybridized carbons (Fsp3) is 0.333. The standard InChI is InChI=1S/C24H30O/c1-3-5-7-21-9-13-23(14-10-21)17-19-25-20-18-24-15-11-22(12-16-24)8-6-4-2/h9-20H,3-8H2,1-2H3. The van der Waals surface area contributed by atoms with E-state index in [1.165, 1.54) is 36.8 Å². The Hall–Kier alpha value is -2.28. The first kappa shape index (κ1) is 19.1. The Labute approximate surface area is 153 Å². The molecular formula is C24H30O. The first-order valence-corrected chi connectivity index (χ1v) is 9.48. The second kappa shape index (κ2) is 11.3. The maximum Gasteiger partial charge on any atom is 0.0907 e. The molecule has 0 aliphatic carbocycles. The van der Waals surface area contributed by atoms with Gasteiger partial charge in [0.15, 0.2) is 0 Å². The Morgan fingerprint density at radius 2 is 1.04 bits per heavy atom. The van der Waals surface area contributed by atoms with Crippen molar-refractivity contribution < 1.29 is 4.74 Å². The van der Waals surface area contributed by atoms with E-state index in [4.69, 9.17) is 4.74 Å². The van der Waals surface area contributed by atoms with Crippen LogP contribution in [0.5, 0.6) is 0 Å². The Balaban J connectivity index is 1.77. The highest BCUT2D eigenvalue weighted by Gasteiger charge is 1.93. The van der Waals surface area contributed by atoms with E-state index in [1.807, 2.05) is 12.2 Å². The lowest BCUT2D eigenvalue weighted by atomic mass is 10.1. The van der Waals surface area contributed by atoms with Gasteiger partial charge >= 0.3 is 0 Å². The van der Waals surface area contributed by atoms with Crippen LogP contribution in [0, 0.1) is 0 Å². The molecule has 0 aliphatic heterocycles. The SMILES string of the molecule is CCCCc1ccc(C=COC=Cc2ccc(CCCC)cc2)cc1. The molecule has 0 amide bonds. The van der Waals surface area contributed by atoms with Crippen LogP contribution in [0.25, 0.3) is 12.2 Å². The first-order valence-electron chi connectivity index (χ1n) is 9.48. The van der Waals surface area contributed by atoms with E-state index in [2.05, 4.69) is 62.4 Å². The fourth-order valence-corrected chi connectivity index (χ4v) is 2.63. The highest BCUT2D eigenvalue weighted by Crippen LogP contribution is 2.11. The predicted molar refractivity (Wildman–Crippen MR) is 109 cm³/mol.